The molecule has 1 aliphatic carbocycles. The maximum atomic E-state index is 14.3. The fraction of sp³-hybridized carbons (Fsp3) is 0.625. The van der Waals surface area contributed by atoms with Crippen molar-refractivity contribution in [3.05, 3.63) is 29.3 Å². The molecule has 1 aromatic carbocycles. The summed E-state index contributed by atoms with van der Waals surface area (Å²) in [5, 5.41) is 12.3. The molecule has 21 heavy (non-hydrogen) atoms. The largest absolute Gasteiger partial charge is 0.395 e. The summed E-state index contributed by atoms with van der Waals surface area (Å²) < 4.78 is 28.6. The van der Waals surface area contributed by atoms with E-state index in [-0.39, 0.29) is 30.4 Å². The Morgan fingerprint density at radius 3 is 2.24 bits per heavy atom. The lowest BCUT2D eigenvalue weighted by Crippen LogP contribution is -2.35. The Kier molecular flexibility index (Phi) is 4.84. The minimum Gasteiger partial charge on any atom is -0.395 e. The molecule has 1 aliphatic rings. The van der Waals surface area contributed by atoms with Crippen LogP contribution in [0.1, 0.15) is 39.2 Å². The number of rotatable bonds is 6. The molecule has 0 atom stereocenters. The van der Waals surface area contributed by atoms with E-state index in [4.69, 9.17) is 5.11 Å². The molecule has 0 aliphatic heterocycles. The molecule has 5 heteroatoms. The molecule has 1 fully saturated rings. The summed E-state index contributed by atoms with van der Waals surface area (Å²) in [7, 11) is 0. The lowest BCUT2D eigenvalue weighted by Gasteiger charge is -2.25. The Labute approximate surface area is 125 Å². The summed E-state index contributed by atoms with van der Waals surface area (Å²) in [5.74, 6) is -1.11. The molecule has 0 radical (unpaired) electrons. The topological polar surface area (TPSA) is 35.5 Å². The third-order valence-electron chi connectivity index (χ3n) is 3.52. The van der Waals surface area contributed by atoms with Gasteiger partial charge in [0.15, 0.2) is 0 Å². The first-order chi connectivity index (χ1) is 9.81. The van der Waals surface area contributed by atoms with Crippen LogP contribution < -0.4 is 10.2 Å². The highest BCUT2D eigenvalue weighted by atomic mass is 19.1. The molecule has 3 nitrogen and oxygen atoms in total. The van der Waals surface area contributed by atoms with Crippen LogP contribution in [0.15, 0.2) is 12.1 Å². The van der Waals surface area contributed by atoms with Crippen LogP contribution in [-0.2, 0) is 6.54 Å². The van der Waals surface area contributed by atoms with E-state index >= 15 is 0 Å². The third kappa shape index (κ3) is 4.38. The average Bonchev–Trinajstić information content (AvgIpc) is 3.18. The maximum Gasteiger partial charge on any atom is 0.149 e. The van der Waals surface area contributed by atoms with Crippen LogP contribution in [0.4, 0.5) is 14.5 Å². The molecule has 0 amide bonds. The molecule has 2 N–H and O–H groups in total. The Balaban J connectivity index is 2.20. The predicted molar refractivity (Wildman–Crippen MR) is 80.4 cm³/mol. The highest BCUT2D eigenvalue weighted by Crippen LogP contribution is 2.35. The third-order valence-corrected chi connectivity index (χ3v) is 3.52. The minimum absolute atomic E-state index is 0.00828. The highest BCUT2D eigenvalue weighted by molar-refractivity contribution is 5.52. The van der Waals surface area contributed by atoms with Gasteiger partial charge in [-0.25, -0.2) is 8.78 Å². The van der Waals surface area contributed by atoms with E-state index in [0.29, 0.717) is 12.1 Å². The van der Waals surface area contributed by atoms with Crippen LogP contribution in [0.25, 0.3) is 0 Å². The number of hydrogen-bond acceptors (Lipinski definition) is 3. The zero-order chi connectivity index (χ0) is 15.6. The molecule has 1 saturated carbocycles. The van der Waals surface area contributed by atoms with Crippen molar-refractivity contribution in [3.8, 4) is 0 Å². The zero-order valence-electron chi connectivity index (χ0n) is 12.9. The number of anilines is 1. The van der Waals surface area contributed by atoms with Gasteiger partial charge in [0.05, 0.1) is 6.61 Å². The van der Waals surface area contributed by atoms with Gasteiger partial charge in [-0.05, 0) is 51.3 Å². The monoisotopic (exact) mass is 298 g/mol. The molecule has 0 spiro atoms. The normalized spacial score (nSPS) is 15.3. The lowest BCUT2D eigenvalue weighted by molar-refractivity contribution is 0.300. The Morgan fingerprint density at radius 2 is 1.81 bits per heavy atom. The van der Waals surface area contributed by atoms with Gasteiger partial charge in [-0.15, -0.1) is 0 Å². The van der Waals surface area contributed by atoms with Gasteiger partial charge in [-0.2, -0.15) is 0 Å². The maximum absolute atomic E-state index is 14.3. The van der Waals surface area contributed by atoms with Crippen molar-refractivity contribution >= 4 is 5.69 Å². The fourth-order valence-electron chi connectivity index (χ4n) is 2.33. The second-order valence-corrected chi connectivity index (χ2v) is 6.66. The number of aliphatic hydroxyl groups is 1. The van der Waals surface area contributed by atoms with Gasteiger partial charge in [0, 0.05) is 24.7 Å². The zero-order valence-corrected chi connectivity index (χ0v) is 12.9. The Morgan fingerprint density at radius 1 is 1.24 bits per heavy atom. The first kappa shape index (κ1) is 16.2. The van der Waals surface area contributed by atoms with Crippen molar-refractivity contribution in [1.82, 2.24) is 5.32 Å². The Hall–Kier alpha value is -1.20. The second-order valence-electron chi connectivity index (χ2n) is 6.66. The van der Waals surface area contributed by atoms with E-state index in [0.717, 1.165) is 12.8 Å². The summed E-state index contributed by atoms with van der Waals surface area (Å²) in [6.07, 6.45) is 1.85. The molecule has 0 saturated heterocycles. The van der Waals surface area contributed by atoms with E-state index in [1.807, 2.05) is 20.8 Å². The number of hydrogen-bond donors (Lipinski definition) is 2. The minimum atomic E-state index is -0.555. The fourth-order valence-corrected chi connectivity index (χ4v) is 2.33. The van der Waals surface area contributed by atoms with Gasteiger partial charge in [-0.1, -0.05) is 0 Å². The molecular weight excluding hydrogens is 274 g/mol. The molecule has 0 aromatic heterocycles. The van der Waals surface area contributed by atoms with Crippen LogP contribution in [-0.4, -0.2) is 29.8 Å². The van der Waals surface area contributed by atoms with Crippen LogP contribution in [0.2, 0.25) is 0 Å². The van der Waals surface area contributed by atoms with Crippen LogP contribution in [0, 0.1) is 11.6 Å². The number of halogens is 2. The van der Waals surface area contributed by atoms with Gasteiger partial charge in [0.2, 0.25) is 0 Å². The summed E-state index contributed by atoms with van der Waals surface area (Å²) in [4.78, 5) is 1.64. The standard InChI is InChI=1S/C16H24F2N2O/c1-16(2,3)19-10-11-8-13(17)15(14(18)9-11)20(6-7-21)12-4-5-12/h8-9,12,19,21H,4-7,10H2,1-3H3. The predicted octanol–water partition coefficient (Wildman–Crippen LogP) is 2.81. The molecule has 2 rings (SSSR count). The first-order valence-electron chi connectivity index (χ1n) is 7.42. The molecule has 118 valence electrons. The van der Waals surface area contributed by atoms with Gasteiger partial charge in [0.25, 0.3) is 0 Å². The summed E-state index contributed by atoms with van der Waals surface area (Å²) in [6, 6.07) is 2.91. The average molecular weight is 298 g/mol. The number of aliphatic hydroxyl groups excluding tert-OH is 1. The smallest absolute Gasteiger partial charge is 0.149 e. The van der Waals surface area contributed by atoms with Crippen molar-refractivity contribution in [3.63, 3.8) is 0 Å². The molecular formula is C16H24F2N2O. The van der Waals surface area contributed by atoms with Crippen LogP contribution in [0.5, 0.6) is 0 Å². The van der Waals surface area contributed by atoms with Crippen LogP contribution >= 0.6 is 0 Å². The summed E-state index contributed by atoms with van der Waals surface area (Å²) >= 11 is 0. The molecule has 1 aromatic rings. The van der Waals surface area contributed by atoms with E-state index < -0.39 is 11.6 Å². The highest BCUT2D eigenvalue weighted by Gasteiger charge is 2.32. The van der Waals surface area contributed by atoms with Crippen molar-refractivity contribution in [2.24, 2.45) is 0 Å². The van der Waals surface area contributed by atoms with E-state index in [2.05, 4.69) is 5.32 Å². The number of benzene rings is 1. The SMILES string of the molecule is CC(C)(C)NCc1cc(F)c(N(CCO)C2CC2)c(F)c1. The van der Waals surface area contributed by atoms with Gasteiger partial charge < -0.3 is 15.3 Å². The summed E-state index contributed by atoms with van der Waals surface area (Å²) in [6.45, 7) is 6.58. The van der Waals surface area contributed by atoms with Gasteiger partial charge in [0.1, 0.15) is 17.3 Å². The Bertz CT molecular complexity index is 473. The van der Waals surface area contributed by atoms with E-state index in [1.54, 1.807) is 4.90 Å². The van der Waals surface area contributed by atoms with Gasteiger partial charge in [-0.3, -0.25) is 0 Å². The lowest BCUT2D eigenvalue weighted by atomic mass is 10.1. The number of nitrogens with zero attached hydrogens (tertiary/aromatic N) is 1. The quantitative estimate of drug-likeness (QED) is 0.848. The van der Waals surface area contributed by atoms with Crippen molar-refractivity contribution in [2.75, 3.05) is 18.1 Å². The molecule has 0 unspecified atom stereocenters. The molecule has 0 bridgehead atoms. The van der Waals surface area contributed by atoms with Crippen molar-refractivity contribution in [1.29, 1.82) is 0 Å². The molecule has 0 heterocycles. The van der Waals surface area contributed by atoms with E-state index in [9.17, 15) is 8.78 Å². The number of nitrogens with one attached hydrogen (secondary N) is 1. The van der Waals surface area contributed by atoms with Gasteiger partial charge >= 0.3 is 0 Å². The first-order valence-corrected chi connectivity index (χ1v) is 7.42. The summed E-state index contributed by atoms with van der Waals surface area (Å²) in [5.41, 5.74) is 0.470. The second kappa shape index (κ2) is 6.28. The van der Waals surface area contributed by atoms with Crippen LogP contribution in [0.3, 0.4) is 0 Å². The van der Waals surface area contributed by atoms with Crippen molar-refractivity contribution in [2.45, 2.75) is 51.7 Å². The van der Waals surface area contributed by atoms with Crippen molar-refractivity contribution < 1.29 is 13.9 Å². The van der Waals surface area contributed by atoms with E-state index in [1.165, 1.54) is 12.1 Å².